The summed E-state index contributed by atoms with van der Waals surface area (Å²) in [4.78, 5) is 11.4. The van der Waals surface area contributed by atoms with Crippen molar-refractivity contribution in [2.45, 2.75) is 25.8 Å². The number of hydrogen-bond donors (Lipinski definition) is 1. The van der Waals surface area contributed by atoms with E-state index in [9.17, 15) is 22.2 Å². The summed E-state index contributed by atoms with van der Waals surface area (Å²) in [5, 5.41) is 2.46. The minimum atomic E-state index is -4.38. The number of amides is 1. The normalized spacial score (nSPS) is 12.5. The molecule has 0 rings (SSSR count). The van der Waals surface area contributed by atoms with Crippen LogP contribution in [0, 0.1) is 0 Å². The van der Waals surface area contributed by atoms with Gasteiger partial charge in [0.05, 0.1) is 22.5 Å². The SMILES string of the molecule is CC(C)(CS(=O)(=O)[O-])NC(=O)CCSCCF. The molecule has 0 aromatic rings. The van der Waals surface area contributed by atoms with E-state index >= 15 is 0 Å². The minimum Gasteiger partial charge on any atom is -0.748 e. The fraction of sp³-hybridized carbons (Fsp3) is 0.889. The fourth-order valence-corrected chi connectivity index (χ4v) is 2.84. The summed E-state index contributed by atoms with van der Waals surface area (Å²) < 4.78 is 43.5. The molecule has 0 fully saturated rings. The summed E-state index contributed by atoms with van der Waals surface area (Å²) in [6.07, 6.45) is 0.174. The number of halogens is 1. The quantitative estimate of drug-likeness (QED) is 0.519. The van der Waals surface area contributed by atoms with Gasteiger partial charge in [-0.3, -0.25) is 9.18 Å². The maximum Gasteiger partial charge on any atom is 0.221 e. The van der Waals surface area contributed by atoms with Crippen LogP contribution in [0.15, 0.2) is 0 Å². The van der Waals surface area contributed by atoms with Crippen molar-refractivity contribution in [1.82, 2.24) is 5.32 Å². The molecule has 0 aromatic heterocycles. The van der Waals surface area contributed by atoms with Crippen LogP contribution >= 0.6 is 11.8 Å². The Morgan fingerprint density at radius 2 is 2.00 bits per heavy atom. The van der Waals surface area contributed by atoms with E-state index in [1.807, 2.05) is 0 Å². The molecule has 0 bridgehead atoms. The van der Waals surface area contributed by atoms with E-state index in [1.165, 1.54) is 25.6 Å². The maximum absolute atomic E-state index is 11.8. The Morgan fingerprint density at radius 1 is 1.41 bits per heavy atom. The van der Waals surface area contributed by atoms with Crippen molar-refractivity contribution in [3.05, 3.63) is 0 Å². The number of rotatable bonds is 8. The molecule has 0 atom stereocenters. The van der Waals surface area contributed by atoms with Crippen LogP contribution in [0.4, 0.5) is 4.39 Å². The highest BCUT2D eigenvalue weighted by atomic mass is 32.2. The first-order valence-electron chi connectivity index (χ1n) is 5.04. The van der Waals surface area contributed by atoms with Crippen molar-refractivity contribution in [3.63, 3.8) is 0 Å². The van der Waals surface area contributed by atoms with Crippen LogP contribution in [0.25, 0.3) is 0 Å². The second kappa shape index (κ2) is 7.17. The topological polar surface area (TPSA) is 86.3 Å². The lowest BCUT2D eigenvalue weighted by molar-refractivity contribution is -0.122. The van der Waals surface area contributed by atoms with Gasteiger partial charge in [-0.25, -0.2) is 8.42 Å². The van der Waals surface area contributed by atoms with Crippen LogP contribution in [0.2, 0.25) is 0 Å². The number of alkyl halides is 1. The summed E-state index contributed by atoms with van der Waals surface area (Å²) in [5.41, 5.74) is -1.08. The molecule has 0 saturated heterocycles. The van der Waals surface area contributed by atoms with E-state index in [0.29, 0.717) is 11.5 Å². The largest absolute Gasteiger partial charge is 0.748 e. The number of carbonyl (C=O) groups excluding carboxylic acids is 1. The Morgan fingerprint density at radius 3 is 2.47 bits per heavy atom. The van der Waals surface area contributed by atoms with Gasteiger partial charge in [-0.15, -0.1) is 0 Å². The highest BCUT2D eigenvalue weighted by Gasteiger charge is 2.22. The van der Waals surface area contributed by atoms with Crippen LogP contribution < -0.4 is 5.32 Å². The summed E-state index contributed by atoms with van der Waals surface area (Å²) in [7, 11) is -4.38. The first-order chi connectivity index (χ1) is 7.66. The third-order valence-electron chi connectivity index (χ3n) is 1.71. The first kappa shape index (κ1) is 16.7. The lowest BCUT2D eigenvalue weighted by atomic mass is 10.1. The summed E-state index contributed by atoms with van der Waals surface area (Å²) in [6.45, 7) is 2.50. The number of nitrogens with one attached hydrogen (secondary N) is 1. The smallest absolute Gasteiger partial charge is 0.221 e. The Hall–Kier alpha value is -0.340. The molecule has 0 aliphatic heterocycles. The fourth-order valence-electron chi connectivity index (χ4n) is 1.24. The van der Waals surface area contributed by atoms with Gasteiger partial charge < -0.3 is 9.87 Å². The zero-order valence-corrected chi connectivity index (χ0v) is 11.5. The van der Waals surface area contributed by atoms with Gasteiger partial charge in [0, 0.05) is 23.5 Å². The predicted molar refractivity (Wildman–Crippen MR) is 64.7 cm³/mol. The van der Waals surface area contributed by atoms with Crippen molar-refractivity contribution in [2.24, 2.45) is 0 Å². The van der Waals surface area contributed by atoms with Gasteiger partial charge in [0.25, 0.3) is 0 Å². The lowest BCUT2D eigenvalue weighted by Gasteiger charge is -2.27. The second-order valence-corrected chi connectivity index (χ2v) is 6.81. The monoisotopic (exact) mass is 286 g/mol. The minimum absolute atomic E-state index is 0.174. The molecule has 17 heavy (non-hydrogen) atoms. The molecule has 0 unspecified atom stereocenters. The molecule has 0 aromatic carbocycles. The Labute approximate surface area is 105 Å². The van der Waals surface area contributed by atoms with E-state index in [4.69, 9.17) is 0 Å². The van der Waals surface area contributed by atoms with Crippen molar-refractivity contribution in [1.29, 1.82) is 0 Å². The average Bonchev–Trinajstić information content (AvgIpc) is 2.07. The van der Waals surface area contributed by atoms with Crippen LogP contribution in [-0.2, 0) is 14.9 Å². The zero-order chi connectivity index (χ0) is 13.5. The van der Waals surface area contributed by atoms with Gasteiger partial charge >= 0.3 is 0 Å². The van der Waals surface area contributed by atoms with Crippen molar-refractivity contribution < 1.29 is 22.2 Å². The Kier molecular flexibility index (Phi) is 7.03. The van der Waals surface area contributed by atoms with Crippen LogP contribution in [-0.4, -0.2) is 48.3 Å². The average molecular weight is 286 g/mol. The lowest BCUT2D eigenvalue weighted by Crippen LogP contribution is -2.48. The van der Waals surface area contributed by atoms with E-state index in [1.54, 1.807) is 0 Å². The van der Waals surface area contributed by atoms with E-state index < -0.39 is 28.1 Å². The van der Waals surface area contributed by atoms with Gasteiger partial charge in [-0.2, -0.15) is 11.8 Å². The molecular weight excluding hydrogens is 269 g/mol. The molecule has 5 nitrogen and oxygen atoms in total. The molecular formula is C9H17FNO4S2-. The van der Waals surface area contributed by atoms with Crippen LogP contribution in [0.3, 0.4) is 0 Å². The maximum atomic E-state index is 11.8. The molecule has 0 aliphatic rings. The molecule has 0 aliphatic carbocycles. The van der Waals surface area contributed by atoms with E-state index in [0.717, 1.165) is 0 Å². The number of carbonyl (C=O) groups is 1. The molecule has 0 saturated carbocycles. The van der Waals surface area contributed by atoms with Gasteiger partial charge in [0.2, 0.25) is 5.91 Å². The summed E-state index contributed by atoms with van der Waals surface area (Å²) in [6, 6.07) is 0. The molecule has 0 radical (unpaired) electrons. The van der Waals surface area contributed by atoms with E-state index in [2.05, 4.69) is 5.32 Å². The van der Waals surface area contributed by atoms with Crippen molar-refractivity contribution in [2.75, 3.05) is 23.9 Å². The molecule has 1 N–H and O–H groups in total. The van der Waals surface area contributed by atoms with Crippen LogP contribution in [0.5, 0.6) is 0 Å². The number of hydrogen-bond acceptors (Lipinski definition) is 5. The predicted octanol–water partition coefficient (Wildman–Crippen LogP) is 0.519. The third kappa shape index (κ3) is 10.5. The highest BCUT2D eigenvalue weighted by molar-refractivity contribution is 7.99. The third-order valence-corrected chi connectivity index (χ3v) is 3.72. The zero-order valence-electron chi connectivity index (χ0n) is 9.86. The second-order valence-electron chi connectivity index (χ2n) is 4.19. The van der Waals surface area contributed by atoms with Gasteiger partial charge in [-0.1, -0.05) is 0 Å². The van der Waals surface area contributed by atoms with Crippen LogP contribution in [0.1, 0.15) is 20.3 Å². The molecule has 8 heteroatoms. The molecule has 0 spiro atoms. The van der Waals surface area contributed by atoms with E-state index in [-0.39, 0.29) is 12.3 Å². The van der Waals surface area contributed by atoms with Gasteiger partial charge in [0.15, 0.2) is 0 Å². The molecule has 102 valence electrons. The first-order valence-corrected chi connectivity index (χ1v) is 7.78. The van der Waals surface area contributed by atoms with Crippen molar-refractivity contribution >= 4 is 27.8 Å². The highest BCUT2D eigenvalue weighted by Crippen LogP contribution is 2.07. The standard InChI is InChI=1S/C9H18FNO4S2/c1-9(2,7-17(13,14)15)11-8(12)3-5-16-6-4-10/h3-7H2,1-2H3,(H,11,12)(H,13,14,15)/p-1. The van der Waals surface area contributed by atoms with Gasteiger partial charge in [0.1, 0.15) is 0 Å². The Balaban J connectivity index is 4.01. The Bertz CT molecular complexity index is 343. The number of thioether (sulfide) groups is 1. The molecule has 0 heterocycles. The molecule has 1 amide bonds. The summed E-state index contributed by atoms with van der Waals surface area (Å²) >= 11 is 1.30. The van der Waals surface area contributed by atoms with Crippen molar-refractivity contribution in [3.8, 4) is 0 Å². The summed E-state index contributed by atoms with van der Waals surface area (Å²) in [5.74, 6) is -0.185. The van der Waals surface area contributed by atoms with Gasteiger partial charge in [-0.05, 0) is 13.8 Å².